The Morgan fingerprint density at radius 3 is 2.72 bits per heavy atom. The monoisotopic (exact) mass is 343 g/mol. The highest BCUT2D eigenvalue weighted by Crippen LogP contribution is 2.18. The molecule has 0 unspecified atom stereocenters. The minimum atomic E-state index is -0.202. The molecule has 0 radical (unpaired) electrons. The fourth-order valence-corrected chi connectivity index (χ4v) is 3.04. The molecule has 1 saturated heterocycles. The van der Waals surface area contributed by atoms with Gasteiger partial charge in [-0.25, -0.2) is 0 Å². The molecule has 6 nitrogen and oxygen atoms in total. The van der Waals surface area contributed by atoms with Crippen LogP contribution in [0.2, 0.25) is 0 Å². The van der Waals surface area contributed by atoms with Crippen LogP contribution in [0, 0.1) is 6.92 Å². The molecular weight excluding hydrogens is 318 g/mol. The van der Waals surface area contributed by atoms with Gasteiger partial charge in [0.05, 0.1) is 18.8 Å². The van der Waals surface area contributed by atoms with Gasteiger partial charge in [0.25, 0.3) is 0 Å². The van der Waals surface area contributed by atoms with E-state index in [9.17, 15) is 4.79 Å². The Balaban J connectivity index is 1.42. The first kappa shape index (κ1) is 17.6. The molecule has 1 aliphatic rings. The number of piperidine rings is 1. The van der Waals surface area contributed by atoms with Crippen molar-refractivity contribution >= 4 is 11.7 Å². The molecule has 1 atom stereocenters. The van der Waals surface area contributed by atoms with E-state index in [0.717, 1.165) is 25.9 Å². The number of rotatable bonds is 6. The molecular formula is C19H25N3O3. The molecule has 134 valence electrons. The maximum Gasteiger partial charge on any atom is 0.242 e. The molecule has 0 bridgehead atoms. The van der Waals surface area contributed by atoms with E-state index in [1.165, 1.54) is 5.56 Å². The van der Waals surface area contributed by atoms with Gasteiger partial charge in [0.15, 0.2) is 5.82 Å². The van der Waals surface area contributed by atoms with Crippen molar-refractivity contribution in [1.82, 2.24) is 10.1 Å². The molecule has 2 aromatic rings. The van der Waals surface area contributed by atoms with E-state index in [2.05, 4.69) is 27.5 Å². The number of nitrogens with zero attached hydrogens (tertiary/aromatic N) is 2. The number of ether oxygens (including phenoxy) is 1. The van der Waals surface area contributed by atoms with Crippen LogP contribution in [0.1, 0.15) is 31.1 Å². The van der Waals surface area contributed by atoms with Crippen molar-refractivity contribution in [3.05, 3.63) is 47.7 Å². The van der Waals surface area contributed by atoms with Crippen LogP contribution in [0.25, 0.3) is 0 Å². The van der Waals surface area contributed by atoms with Gasteiger partial charge in [-0.15, -0.1) is 0 Å². The zero-order valence-electron chi connectivity index (χ0n) is 14.8. The summed E-state index contributed by atoms with van der Waals surface area (Å²) in [6.45, 7) is 6.07. The lowest BCUT2D eigenvalue weighted by molar-refractivity contribution is -0.122. The summed E-state index contributed by atoms with van der Waals surface area (Å²) in [5.74, 6) is 1.09. The second-order valence-corrected chi connectivity index (χ2v) is 6.52. The quantitative estimate of drug-likeness (QED) is 0.873. The van der Waals surface area contributed by atoms with Gasteiger partial charge in [-0.3, -0.25) is 9.69 Å². The van der Waals surface area contributed by atoms with Crippen LogP contribution in [-0.4, -0.2) is 41.2 Å². The van der Waals surface area contributed by atoms with Crippen LogP contribution in [0.5, 0.6) is 0 Å². The van der Waals surface area contributed by atoms with Crippen molar-refractivity contribution in [3.63, 3.8) is 0 Å². The highest BCUT2D eigenvalue weighted by Gasteiger charge is 2.27. The lowest BCUT2D eigenvalue weighted by Crippen LogP contribution is -2.47. The number of carbonyl (C=O) groups is 1. The Hall–Kier alpha value is -2.18. The minimum Gasteiger partial charge on any atom is -0.373 e. The fourth-order valence-electron chi connectivity index (χ4n) is 3.04. The van der Waals surface area contributed by atoms with Gasteiger partial charge in [0, 0.05) is 19.2 Å². The van der Waals surface area contributed by atoms with E-state index in [-0.39, 0.29) is 18.1 Å². The van der Waals surface area contributed by atoms with Crippen LogP contribution in [0.15, 0.2) is 40.9 Å². The average molecular weight is 343 g/mol. The zero-order valence-corrected chi connectivity index (χ0v) is 14.8. The molecule has 25 heavy (non-hydrogen) atoms. The van der Waals surface area contributed by atoms with E-state index in [4.69, 9.17) is 9.26 Å². The number of aromatic nitrogens is 1. The van der Waals surface area contributed by atoms with E-state index in [1.807, 2.05) is 25.1 Å². The van der Waals surface area contributed by atoms with Crippen molar-refractivity contribution in [2.45, 2.75) is 45.4 Å². The van der Waals surface area contributed by atoms with Gasteiger partial charge in [0.1, 0.15) is 5.76 Å². The number of amides is 1. The summed E-state index contributed by atoms with van der Waals surface area (Å²) in [6, 6.07) is 11.7. The number of likely N-dealkylation sites (tertiary alicyclic amines) is 1. The number of aryl methyl sites for hydroxylation is 1. The van der Waals surface area contributed by atoms with Crippen LogP contribution >= 0.6 is 0 Å². The van der Waals surface area contributed by atoms with E-state index in [1.54, 1.807) is 13.0 Å². The molecule has 1 fully saturated rings. The summed E-state index contributed by atoms with van der Waals surface area (Å²) in [6.07, 6.45) is 2.13. The predicted octanol–water partition coefficient (Wildman–Crippen LogP) is 2.99. The number of benzene rings is 1. The predicted molar refractivity (Wildman–Crippen MR) is 95.2 cm³/mol. The van der Waals surface area contributed by atoms with Gasteiger partial charge < -0.3 is 14.6 Å². The van der Waals surface area contributed by atoms with Gasteiger partial charge in [-0.2, -0.15) is 0 Å². The Morgan fingerprint density at radius 1 is 1.36 bits per heavy atom. The average Bonchev–Trinajstić information content (AvgIpc) is 3.05. The SMILES string of the molecule is Cc1cc(NC(=O)[C@@H](C)N2CCC(OCc3ccccc3)CC2)no1. The molecule has 3 rings (SSSR count). The topological polar surface area (TPSA) is 67.6 Å². The third-order valence-electron chi connectivity index (χ3n) is 4.61. The van der Waals surface area contributed by atoms with Gasteiger partial charge in [-0.05, 0) is 32.3 Å². The maximum absolute atomic E-state index is 12.3. The first-order valence-corrected chi connectivity index (χ1v) is 8.75. The van der Waals surface area contributed by atoms with Crippen LogP contribution in [0.3, 0.4) is 0 Å². The number of carbonyl (C=O) groups excluding carboxylic acids is 1. The van der Waals surface area contributed by atoms with Gasteiger partial charge >= 0.3 is 0 Å². The Kier molecular flexibility index (Phi) is 5.83. The smallest absolute Gasteiger partial charge is 0.242 e. The molecule has 1 aliphatic heterocycles. The Bertz CT molecular complexity index is 678. The van der Waals surface area contributed by atoms with Crippen molar-refractivity contribution in [1.29, 1.82) is 0 Å². The van der Waals surface area contributed by atoms with E-state index >= 15 is 0 Å². The summed E-state index contributed by atoms with van der Waals surface area (Å²) in [7, 11) is 0. The Morgan fingerprint density at radius 2 is 2.08 bits per heavy atom. The van der Waals surface area contributed by atoms with Crippen molar-refractivity contribution in [2.75, 3.05) is 18.4 Å². The molecule has 6 heteroatoms. The number of nitrogens with one attached hydrogen (secondary N) is 1. The largest absolute Gasteiger partial charge is 0.373 e. The highest BCUT2D eigenvalue weighted by molar-refractivity contribution is 5.93. The molecule has 0 aliphatic carbocycles. The summed E-state index contributed by atoms with van der Waals surface area (Å²) < 4.78 is 11.0. The molecule has 2 heterocycles. The molecule has 0 spiro atoms. The van der Waals surface area contributed by atoms with Crippen LogP contribution in [-0.2, 0) is 16.1 Å². The van der Waals surface area contributed by atoms with Gasteiger partial charge in [-0.1, -0.05) is 35.5 Å². The molecule has 1 aromatic heterocycles. The maximum atomic E-state index is 12.3. The van der Waals surface area contributed by atoms with Gasteiger partial charge in [0.2, 0.25) is 5.91 Å². The highest BCUT2D eigenvalue weighted by atomic mass is 16.5. The summed E-state index contributed by atoms with van der Waals surface area (Å²) in [4.78, 5) is 14.5. The molecule has 0 saturated carbocycles. The molecule has 1 N–H and O–H groups in total. The number of hydrogen-bond acceptors (Lipinski definition) is 5. The minimum absolute atomic E-state index is 0.0584. The van der Waals surface area contributed by atoms with Crippen LogP contribution in [0.4, 0.5) is 5.82 Å². The molecule has 1 aromatic carbocycles. The van der Waals surface area contributed by atoms with Crippen molar-refractivity contribution in [2.24, 2.45) is 0 Å². The Labute approximate surface area is 148 Å². The summed E-state index contributed by atoms with van der Waals surface area (Å²) >= 11 is 0. The summed E-state index contributed by atoms with van der Waals surface area (Å²) in [5.41, 5.74) is 1.19. The second kappa shape index (κ2) is 8.27. The number of anilines is 1. The van der Waals surface area contributed by atoms with Crippen molar-refractivity contribution in [3.8, 4) is 0 Å². The normalized spacial score (nSPS) is 17.4. The third-order valence-corrected chi connectivity index (χ3v) is 4.61. The first-order chi connectivity index (χ1) is 12.1. The third kappa shape index (κ3) is 4.90. The lowest BCUT2D eigenvalue weighted by atomic mass is 10.1. The summed E-state index contributed by atoms with van der Waals surface area (Å²) in [5, 5.41) is 6.60. The van der Waals surface area contributed by atoms with E-state index < -0.39 is 0 Å². The van der Waals surface area contributed by atoms with Crippen LogP contribution < -0.4 is 5.32 Å². The standard InChI is InChI=1S/C19H25N3O3/c1-14-12-18(21-25-14)20-19(23)15(2)22-10-8-17(9-11-22)24-13-16-6-4-3-5-7-16/h3-7,12,15,17H,8-11,13H2,1-2H3,(H,20,21,23)/t15-/m1/s1. The fraction of sp³-hybridized carbons (Fsp3) is 0.474. The molecule has 1 amide bonds. The first-order valence-electron chi connectivity index (χ1n) is 8.75. The lowest BCUT2D eigenvalue weighted by Gasteiger charge is -2.35. The second-order valence-electron chi connectivity index (χ2n) is 6.52. The van der Waals surface area contributed by atoms with Crippen molar-refractivity contribution < 1.29 is 14.1 Å². The number of hydrogen-bond donors (Lipinski definition) is 1. The van der Waals surface area contributed by atoms with E-state index in [0.29, 0.717) is 18.2 Å². The zero-order chi connectivity index (χ0) is 17.6.